The molecule has 0 aromatic heterocycles. The molecule has 0 atom stereocenters. The summed E-state index contributed by atoms with van der Waals surface area (Å²) in [7, 11) is 0. The first-order valence-electron chi connectivity index (χ1n) is 6.02. The van der Waals surface area contributed by atoms with Crippen LogP contribution in [0.5, 0.6) is 0 Å². The summed E-state index contributed by atoms with van der Waals surface area (Å²) in [6, 6.07) is 0.477. The topological polar surface area (TPSA) is 46.3 Å². The smallest absolute Gasteiger partial charge is 0.224 e. The van der Waals surface area contributed by atoms with E-state index >= 15 is 0 Å². The van der Waals surface area contributed by atoms with Gasteiger partial charge in [-0.15, -0.1) is 0 Å². The van der Waals surface area contributed by atoms with Gasteiger partial charge in [0.2, 0.25) is 5.91 Å². The third kappa shape index (κ3) is 3.82. The SMILES string of the molecule is CCN(C(=O)CC(C)(C)N)C1CCCC1. The Kier molecular flexibility index (Phi) is 4.14. The average Bonchev–Trinajstić information content (AvgIpc) is 2.54. The van der Waals surface area contributed by atoms with Gasteiger partial charge in [-0.25, -0.2) is 0 Å². The molecule has 1 saturated carbocycles. The molecular formula is C12H24N2O. The number of hydrogen-bond donors (Lipinski definition) is 1. The van der Waals surface area contributed by atoms with Crippen LogP contribution >= 0.6 is 0 Å². The summed E-state index contributed by atoms with van der Waals surface area (Å²) >= 11 is 0. The number of nitrogens with two attached hydrogens (primary N) is 1. The lowest BCUT2D eigenvalue weighted by Crippen LogP contribution is -2.44. The second-order valence-electron chi connectivity index (χ2n) is 5.28. The van der Waals surface area contributed by atoms with Crippen LogP contribution in [0.2, 0.25) is 0 Å². The number of carbonyl (C=O) groups is 1. The van der Waals surface area contributed by atoms with Gasteiger partial charge >= 0.3 is 0 Å². The van der Waals surface area contributed by atoms with Crippen molar-refractivity contribution in [2.45, 2.75) is 64.5 Å². The van der Waals surface area contributed by atoms with Crippen molar-refractivity contribution in [3.8, 4) is 0 Å². The van der Waals surface area contributed by atoms with Gasteiger partial charge in [0.15, 0.2) is 0 Å². The summed E-state index contributed by atoms with van der Waals surface area (Å²) in [6.07, 6.45) is 5.33. The van der Waals surface area contributed by atoms with Gasteiger partial charge in [-0.05, 0) is 33.6 Å². The van der Waals surface area contributed by atoms with Crippen molar-refractivity contribution in [2.24, 2.45) is 5.73 Å². The van der Waals surface area contributed by atoms with Crippen LogP contribution in [-0.4, -0.2) is 28.9 Å². The monoisotopic (exact) mass is 212 g/mol. The third-order valence-corrected chi connectivity index (χ3v) is 3.03. The second kappa shape index (κ2) is 4.97. The standard InChI is InChI=1S/C12H24N2O/c1-4-14(10-7-5-6-8-10)11(15)9-12(2,3)13/h10H,4-9,13H2,1-3H3. The molecule has 3 nitrogen and oxygen atoms in total. The summed E-state index contributed by atoms with van der Waals surface area (Å²) in [5.74, 6) is 0.219. The summed E-state index contributed by atoms with van der Waals surface area (Å²) < 4.78 is 0. The van der Waals surface area contributed by atoms with Crippen molar-refractivity contribution >= 4 is 5.91 Å². The van der Waals surface area contributed by atoms with Gasteiger partial charge in [0.25, 0.3) is 0 Å². The largest absolute Gasteiger partial charge is 0.340 e. The van der Waals surface area contributed by atoms with E-state index in [1.165, 1.54) is 25.7 Å². The predicted octanol–water partition coefficient (Wildman–Crippen LogP) is 1.90. The van der Waals surface area contributed by atoms with Gasteiger partial charge in [0, 0.05) is 24.5 Å². The molecule has 1 rings (SSSR count). The van der Waals surface area contributed by atoms with Crippen molar-refractivity contribution in [3.05, 3.63) is 0 Å². The fraction of sp³-hybridized carbons (Fsp3) is 0.917. The van der Waals surface area contributed by atoms with E-state index in [0.29, 0.717) is 12.5 Å². The number of nitrogens with zero attached hydrogens (tertiary/aromatic N) is 1. The minimum Gasteiger partial charge on any atom is -0.340 e. The number of carbonyl (C=O) groups excluding carboxylic acids is 1. The zero-order valence-corrected chi connectivity index (χ0v) is 10.3. The minimum absolute atomic E-state index is 0.219. The molecule has 0 spiro atoms. The Hall–Kier alpha value is -0.570. The highest BCUT2D eigenvalue weighted by atomic mass is 16.2. The highest BCUT2D eigenvalue weighted by Gasteiger charge is 2.27. The molecule has 0 radical (unpaired) electrons. The van der Waals surface area contributed by atoms with Crippen molar-refractivity contribution in [3.63, 3.8) is 0 Å². The Balaban J connectivity index is 2.53. The summed E-state index contributed by atoms with van der Waals surface area (Å²) in [6.45, 7) is 6.69. The van der Waals surface area contributed by atoms with E-state index in [-0.39, 0.29) is 11.4 Å². The van der Waals surface area contributed by atoms with Crippen LogP contribution in [0.1, 0.15) is 52.9 Å². The minimum atomic E-state index is -0.386. The fourth-order valence-corrected chi connectivity index (χ4v) is 2.35. The van der Waals surface area contributed by atoms with Crippen molar-refractivity contribution in [1.29, 1.82) is 0 Å². The molecule has 1 amide bonds. The Morgan fingerprint density at radius 3 is 2.33 bits per heavy atom. The predicted molar refractivity (Wildman–Crippen MR) is 62.5 cm³/mol. The van der Waals surface area contributed by atoms with E-state index < -0.39 is 0 Å². The molecule has 15 heavy (non-hydrogen) atoms. The Labute approximate surface area is 93.0 Å². The molecule has 0 heterocycles. The van der Waals surface area contributed by atoms with Gasteiger partial charge in [0.05, 0.1) is 0 Å². The van der Waals surface area contributed by atoms with Crippen molar-refractivity contribution < 1.29 is 4.79 Å². The maximum Gasteiger partial charge on any atom is 0.224 e. The van der Waals surface area contributed by atoms with Gasteiger partial charge < -0.3 is 10.6 Å². The van der Waals surface area contributed by atoms with Crippen LogP contribution < -0.4 is 5.73 Å². The van der Waals surface area contributed by atoms with Crippen LogP contribution in [0.4, 0.5) is 0 Å². The van der Waals surface area contributed by atoms with E-state index in [9.17, 15) is 4.79 Å². The lowest BCUT2D eigenvalue weighted by Gasteiger charge is -2.30. The molecule has 0 bridgehead atoms. The van der Waals surface area contributed by atoms with Crippen LogP contribution in [0.25, 0.3) is 0 Å². The maximum absolute atomic E-state index is 12.0. The highest BCUT2D eigenvalue weighted by Crippen LogP contribution is 2.24. The normalized spacial score (nSPS) is 18.1. The van der Waals surface area contributed by atoms with E-state index in [1.807, 2.05) is 18.7 Å². The first-order valence-corrected chi connectivity index (χ1v) is 6.02. The molecule has 0 aliphatic heterocycles. The average molecular weight is 212 g/mol. The Bertz CT molecular complexity index is 214. The molecule has 1 fully saturated rings. The quantitative estimate of drug-likeness (QED) is 0.773. The number of amides is 1. The highest BCUT2D eigenvalue weighted by molar-refractivity contribution is 5.77. The molecule has 1 aliphatic rings. The summed E-state index contributed by atoms with van der Waals surface area (Å²) in [4.78, 5) is 14.0. The van der Waals surface area contributed by atoms with Crippen LogP contribution in [0, 0.1) is 0 Å². The Morgan fingerprint density at radius 2 is 1.93 bits per heavy atom. The van der Waals surface area contributed by atoms with Crippen LogP contribution in [0.15, 0.2) is 0 Å². The van der Waals surface area contributed by atoms with E-state index in [2.05, 4.69) is 6.92 Å². The molecular weight excluding hydrogens is 188 g/mol. The molecule has 0 aromatic rings. The summed E-state index contributed by atoms with van der Waals surface area (Å²) in [5, 5.41) is 0. The lowest BCUT2D eigenvalue weighted by atomic mass is 10.0. The van der Waals surface area contributed by atoms with E-state index in [4.69, 9.17) is 5.73 Å². The molecule has 0 aromatic carbocycles. The van der Waals surface area contributed by atoms with Crippen molar-refractivity contribution in [2.75, 3.05) is 6.54 Å². The molecule has 3 heteroatoms. The third-order valence-electron chi connectivity index (χ3n) is 3.03. The second-order valence-corrected chi connectivity index (χ2v) is 5.28. The number of rotatable bonds is 4. The van der Waals surface area contributed by atoms with Gasteiger partial charge in [-0.1, -0.05) is 12.8 Å². The molecule has 0 unspecified atom stereocenters. The fourth-order valence-electron chi connectivity index (χ4n) is 2.35. The van der Waals surface area contributed by atoms with E-state index in [0.717, 1.165) is 6.54 Å². The summed E-state index contributed by atoms with van der Waals surface area (Å²) in [5.41, 5.74) is 5.49. The first-order chi connectivity index (χ1) is 6.94. The Morgan fingerprint density at radius 1 is 1.40 bits per heavy atom. The molecule has 88 valence electrons. The van der Waals surface area contributed by atoms with Gasteiger partial charge in [-0.2, -0.15) is 0 Å². The van der Waals surface area contributed by atoms with Gasteiger partial charge in [-0.3, -0.25) is 4.79 Å². The number of hydrogen-bond acceptors (Lipinski definition) is 2. The zero-order valence-electron chi connectivity index (χ0n) is 10.3. The molecule has 1 aliphatic carbocycles. The van der Waals surface area contributed by atoms with E-state index in [1.54, 1.807) is 0 Å². The van der Waals surface area contributed by atoms with Crippen LogP contribution in [0.3, 0.4) is 0 Å². The molecule has 0 saturated heterocycles. The maximum atomic E-state index is 12.0. The molecule has 2 N–H and O–H groups in total. The first kappa shape index (κ1) is 12.5. The van der Waals surface area contributed by atoms with Crippen molar-refractivity contribution in [1.82, 2.24) is 4.90 Å². The van der Waals surface area contributed by atoms with Gasteiger partial charge in [0.1, 0.15) is 0 Å². The zero-order chi connectivity index (χ0) is 11.5. The van der Waals surface area contributed by atoms with Crippen LogP contribution in [-0.2, 0) is 4.79 Å². The lowest BCUT2D eigenvalue weighted by molar-refractivity contribution is -0.134.